The Morgan fingerprint density at radius 3 is 2.43 bits per heavy atom. The average molecular weight is 195 g/mol. The Hall–Kier alpha value is -1.45. The number of hydrogen-bond donors (Lipinski definition) is 2. The van der Waals surface area contributed by atoms with Crippen molar-refractivity contribution in [1.82, 2.24) is 9.99 Å². The summed E-state index contributed by atoms with van der Waals surface area (Å²) in [5, 5.41) is 2.73. The molecule has 0 aliphatic rings. The van der Waals surface area contributed by atoms with Gasteiger partial charge in [-0.2, -0.15) is 0 Å². The predicted octanol–water partition coefficient (Wildman–Crippen LogP) is 0.785. The van der Waals surface area contributed by atoms with Gasteiger partial charge in [0.1, 0.15) is 6.54 Å². The quantitative estimate of drug-likeness (QED) is 0.746. The summed E-state index contributed by atoms with van der Waals surface area (Å²) in [6, 6.07) is 4.03. The van der Waals surface area contributed by atoms with Crippen LogP contribution in [-0.2, 0) is 4.79 Å². The number of carbonyl (C=O) groups excluding carboxylic acids is 1. The standard InChI is InChI=1S/C10H17N3O/c1-4-11-10(14)7-12-13-8(2)5-6-9(13)3/h5-6,12H,4,7H2,1-3H3,(H,11,14). The second-order valence-corrected chi connectivity index (χ2v) is 3.24. The van der Waals surface area contributed by atoms with E-state index in [9.17, 15) is 4.79 Å². The Kier molecular flexibility index (Phi) is 3.56. The molecule has 0 saturated heterocycles. The van der Waals surface area contributed by atoms with Crippen LogP contribution in [0.3, 0.4) is 0 Å². The fourth-order valence-electron chi connectivity index (χ4n) is 1.33. The molecule has 1 amide bonds. The molecule has 1 heterocycles. The van der Waals surface area contributed by atoms with Crippen molar-refractivity contribution in [3.05, 3.63) is 23.5 Å². The van der Waals surface area contributed by atoms with E-state index in [-0.39, 0.29) is 5.91 Å². The summed E-state index contributed by atoms with van der Waals surface area (Å²) < 4.78 is 1.91. The largest absolute Gasteiger partial charge is 0.355 e. The Morgan fingerprint density at radius 2 is 1.93 bits per heavy atom. The molecule has 0 spiro atoms. The molecule has 0 unspecified atom stereocenters. The molecule has 0 atom stereocenters. The Labute approximate surface area is 84.3 Å². The van der Waals surface area contributed by atoms with Gasteiger partial charge in [-0.25, -0.2) is 0 Å². The van der Waals surface area contributed by atoms with Crippen LogP contribution >= 0.6 is 0 Å². The van der Waals surface area contributed by atoms with Crippen molar-refractivity contribution in [1.29, 1.82) is 0 Å². The van der Waals surface area contributed by atoms with Gasteiger partial charge in [-0.05, 0) is 32.9 Å². The first kappa shape index (κ1) is 10.6. The lowest BCUT2D eigenvalue weighted by Crippen LogP contribution is -2.33. The fraction of sp³-hybridized carbons (Fsp3) is 0.500. The topological polar surface area (TPSA) is 46.1 Å². The number of carbonyl (C=O) groups is 1. The summed E-state index contributed by atoms with van der Waals surface area (Å²) in [6.07, 6.45) is 0. The van der Waals surface area contributed by atoms with Crippen molar-refractivity contribution in [3.8, 4) is 0 Å². The molecule has 14 heavy (non-hydrogen) atoms. The molecule has 0 bridgehead atoms. The van der Waals surface area contributed by atoms with E-state index in [0.717, 1.165) is 11.4 Å². The lowest BCUT2D eigenvalue weighted by molar-refractivity contribution is -0.119. The van der Waals surface area contributed by atoms with Gasteiger partial charge in [0, 0.05) is 17.9 Å². The molecule has 1 rings (SSSR count). The molecule has 0 aliphatic carbocycles. The number of rotatable bonds is 4. The molecule has 78 valence electrons. The van der Waals surface area contributed by atoms with Crippen LogP contribution in [0, 0.1) is 13.8 Å². The lowest BCUT2D eigenvalue weighted by atomic mass is 10.5. The highest BCUT2D eigenvalue weighted by molar-refractivity contribution is 5.79. The van der Waals surface area contributed by atoms with Crippen LogP contribution in [0.15, 0.2) is 12.1 Å². The molecule has 0 radical (unpaired) electrons. The van der Waals surface area contributed by atoms with E-state index in [1.54, 1.807) is 0 Å². The average Bonchev–Trinajstić information content (AvgIpc) is 2.44. The van der Waals surface area contributed by atoms with E-state index in [1.165, 1.54) is 0 Å². The van der Waals surface area contributed by atoms with Crippen molar-refractivity contribution < 1.29 is 4.79 Å². The Balaban J connectivity index is 2.49. The van der Waals surface area contributed by atoms with Gasteiger partial charge in [-0.1, -0.05) is 0 Å². The van der Waals surface area contributed by atoms with Crippen LogP contribution in [-0.4, -0.2) is 23.7 Å². The maximum atomic E-state index is 11.2. The molecule has 0 aliphatic heterocycles. The number of aryl methyl sites for hydroxylation is 2. The molecule has 1 aromatic rings. The van der Waals surface area contributed by atoms with Gasteiger partial charge in [-0.3, -0.25) is 9.47 Å². The van der Waals surface area contributed by atoms with E-state index in [1.807, 2.05) is 37.6 Å². The van der Waals surface area contributed by atoms with Crippen LogP contribution in [0.5, 0.6) is 0 Å². The van der Waals surface area contributed by atoms with E-state index >= 15 is 0 Å². The zero-order valence-corrected chi connectivity index (χ0v) is 8.92. The van der Waals surface area contributed by atoms with Crippen LogP contribution in [0.4, 0.5) is 0 Å². The minimum atomic E-state index is 0.0139. The van der Waals surface area contributed by atoms with Gasteiger partial charge in [0.2, 0.25) is 5.91 Å². The first-order valence-corrected chi connectivity index (χ1v) is 4.80. The Morgan fingerprint density at radius 1 is 1.36 bits per heavy atom. The number of nitrogens with zero attached hydrogens (tertiary/aromatic N) is 1. The van der Waals surface area contributed by atoms with E-state index in [4.69, 9.17) is 0 Å². The van der Waals surface area contributed by atoms with Crippen molar-refractivity contribution in [2.75, 3.05) is 18.5 Å². The second-order valence-electron chi connectivity index (χ2n) is 3.24. The minimum Gasteiger partial charge on any atom is -0.355 e. The number of aromatic nitrogens is 1. The molecule has 0 fully saturated rings. The van der Waals surface area contributed by atoms with Crippen molar-refractivity contribution in [3.63, 3.8) is 0 Å². The molecular weight excluding hydrogens is 178 g/mol. The number of hydrogen-bond acceptors (Lipinski definition) is 2. The highest BCUT2D eigenvalue weighted by Crippen LogP contribution is 2.03. The smallest absolute Gasteiger partial charge is 0.240 e. The van der Waals surface area contributed by atoms with Crippen LogP contribution in [0.25, 0.3) is 0 Å². The maximum Gasteiger partial charge on any atom is 0.240 e. The van der Waals surface area contributed by atoms with Crippen LogP contribution in [0.1, 0.15) is 18.3 Å². The molecule has 4 nitrogen and oxygen atoms in total. The first-order chi connectivity index (χ1) is 6.65. The third-order valence-corrected chi connectivity index (χ3v) is 2.04. The predicted molar refractivity (Wildman–Crippen MR) is 56.8 cm³/mol. The summed E-state index contributed by atoms with van der Waals surface area (Å²) in [5.41, 5.74) is 5.26. The molecule has 1 aromatic heterocycles. The van der Waals surface area contributed by atoms with Crippen molar-refractivity contribution in [2.45, 2.75) is 20.8 Å². The molecule has 0 aromatic carbocycles. The molecule has 2 N–H and O–H groups in total. The van der Waals surface area contributed by atoms with Gasteiger partial charge in [0.05, 0.1) is 0 Å². The van der Waals surface area contributed by atoms with Gasteiger partial charge >= 0.3 is 0 Å². The summed E-state index contributed by atoms with van der Waals surface area (Å²) in [6.45, 7) is 6.88. The highest BCUT2D eigenvalue weighted by Gasteiger charge is 2.02. The Bertz CT molecular complexity index is 298. The lowest BCUT2D eigenvalue weighted by Gasteiger charge is -2.11. The van der Waals surface area contributed by atoms with E-state index in [2.05, 4.69) is 10.7 Å². The van der Waals surface area contributed by atoms with Crippen molar-refractivity contribution >= 4 is 5.91 Å². The van der Waals surface area contributed by atoms with Crippen LogP contribution < -0.4 is 10.7 Å². The zero-order valence-electron chi connectivity index (χ0n) is 8.92. The first-order valence-electron chi connectivity index (χ1n) is 4.80. The van der Waals surface area contributed by atoms with E-state index < -0.39 is 0 Å². The highest BCUT2D eigenvalue weighted by atomic mass is 16.2. The molecule has 4 heteroatoms. The fourth-order valence-corrected chi connectivity index (χ4v) is 1.33. The van der Waals surface area contributed by atoms with Gasteiger partial charge in [0.15, 0.2) is 0 Å². The maximum absolute atomic E-state index is 11.2. The van der Waals surface area contributed by atoms with Crippen LogP contribution in [0.2, 0.25) is 0 Å². The monoisotopic (exact) mass is 195 g/mol. The summed E-state index contributed by atoms with van der Waals surface area (Å²) >= 11 is 0. The summed E-state index contributed by atoms with van der Waals surface area (Å²) in [5.74, 6) is 0.0139. The molecule has 0 saturated carbocycles. The third-order valence-electron chi connectivity index (χ3n) is 2.04. The van der Waals surface area contributed by atoms with Gasteiger partial charge in [-0.15, -0.1) is 0 Å². The number of likely N-dealkylation sites (N-methyl/N-ethyl adjacent to an activating group) is 1. The number of nitrogens with one attached hydrogen (secondary N) is 2. The number of amides is 1. The summed E-state index contributed by atoms with van der Waals surface area (Å²) in [7, 11) is 0. The SMILES string of the molecule is CCNC(=O)CNn1c(C)ccc1C. The second kappa shape index (κ2) is 4.69. The minimum absolute atomic E-state index is 0.0139. The normalized spacial score (nSPS) is 9.93. The third kappa shape index (κ3) is 2.52. The zero-order chi connectivity index (χ0) is 10.6. The molecular formula is C10H17N3O. The van der Waals surface area contributed by atoms with Gasteiger partial charge in [0.25, 0.3) is 0 Å². The van der Waals surface area contributed by atoms with E-state index in [0.29, 0.717) is 13.1 Å². The van der Waals surface area contributed by atoms with Gasteiger partial charge < -0.3 is 10.7 Å². The van der Waals surface area contributed by atoms with Crippen molar-refractivity contribution in [2.24, 2.45) is 0 Å². The summed E-state index contributed by atoms with van der Waals surface area (Å²) in [4.78, 5) is 11.2.